The molecular weight excluding hydrogens is 200 g/mol. The molecule has 2 heterocycles. The Morgan fingerprint density at radius 1 is 0.938 bits per heavy atom. The van der Waals surface area contributed by atoms with E-state index in [1.807, 2.05) is 0 Å². The molecular formula is C14H28O2. The average Bonchev–Trinajstić information content (AvgIpc) is 2.32. The molecule has 0 aromatic heterocycles. The number of ether oxygens (including phenoxy) is 2. The maximum Gasteiger partial charge on any atom is 0.0547 e. The third-order valence-corrected chi connectivity index (χ3v) is 3.62. The zero-order valence-electron chi connectivity index (χ0n) is 11.2. The van der Waals surface area contributed by atoms with Gasteiger partial charge in [0.1, 0.15) is 0 Å². The number of hydrogen-bond donors (Lipinski definition) is 0. The molecule has 2 heteroatoms. The van der Waals surface area contributed by atoms with Crippen molar-refractivity contribution in [3.8, 4) is 0 Å². The lowest BCUT2D eigenvalue weighted by Gasteiger charge is -2.24. The Bertz CT molecular complexity index is 156. The molecule has 0 N–H and O–H groups in total. The lowest BCUT2D eigenvalue weighted by atomic mass is 9.89. The predicted molar refractivity (Wildman–Crippen MR) is 67.6 cm³/mol. The van der Waals surface area contributed by atoms with Crippen molar-refractivity contribution in [3.63, 3.8) is 0 Å². The molecule has 0 bridgehead atoms. The summed E-state index contributed by atoms with van der Waals surface area (Å²) in [6, 6.07) is 0. The van der Waals surface area contributed by atoms with Crippen LogP contribution in [0.4, 0.5) is 0 Å². The molecule has 2 fully saturated rings. The third-order valence-electron chi connectivity index (χ3n) is 3.62. The van der Waals surface area contributed by atoms with Crippen molar-refractivity contribution in [3.05, 3.63) is 0 Å². The van der Waals surface area contributed by atoms with Crippen molar-refractivity contribution < 1.29 is 9.47 Å². The highest BCUT2D eigenvalue weighted by atomic mass is 16.5. The molecule has 2 aliphatic heterocycles. The first-order valence-electron chi connectivity index (χ1n) is 6.89. The molecule has 0 amide bonds. The van der Waals surface area contributed by atoms with Crippen molar-refractivity contribution in [2.75, 3.05) is 19.8 Å². The van der Waals surface area contributed by atoms with Gasteiger partial charge in [-0.25, -0.2) is 0 Å². The highest BCUT2D eigenvalue weighted by Crippen LogP contribution is 2.22. The maximum absolute atomic E-state index is 5.28. The van der Waals surface area contributed by atoms with Crippen LogP contribution in [0.25, 0.3) is 0 Å². The Balaban J connectivity index is 0.000000165. The van der Waals surface area contributed by atoms with Gasteiger partial charge in [0.25, 0.3) is 0 Å². The second-order valence-corrected chi connectivity index (χ2v) is 5.37. The molecule has 0 aromatic rings. The number of hydrogen-bond acceptors (Lipinski definition) is 2. The van der Waals surface area contributed by atoms with Gasteiger partial charge in [-0.15, -0.1) is 0 Å². The Morgan fingerprint density at radius 3 is 1.94 bits per heavy atom. The summed E-state index contributed by atoms with van der Waals surface area (Å²) >= 11 is 0. The van der Waals surface area contributed by atoms with Crippen molar-refractivity contribution in [1.29, 1.82) is 0 Å². The van der Waals surface area contributed by atoms with Crippen LogP contribution in [0, 0.1) is 11.8 Å². The van der Waals surface area contributed by atoms with Gasteiger partial charge in [0.15, 0.2) is 0 Å². The molecule has 2 aliphatic rings. The third kappa shape index (κ3) is 5.86. The van der Waals surface area contributed by atoms with Crippen molar-refractivity contribution in [2.24, 2.45) is 11.8 Å². The van der Waals surface area contributed by atoms with Crippen LogP contribution in [0.2, 0.25) is 0 Å². The van der Waals surface area contributed by atoms with Crippen LogP contribution in [0.15, 0.2) is 0 Å². The lowest BCUT2D eigenvalue weighted by Crippen LogP contribution is -2.19. The molecule has 1 atom stereocenters. The Labute approximate surface area is 101 Å². The maximum atomic E-state index is 5.28. The summed E-state index contributed by atoms with van der Waals surface area (Å²) < 4.78 is 10.5. The standard InChI is InChI=1S/C8H16O.C6H12O/c1-7(2)8-3-5-9-6-4-8;1-6-4-2-3-5-7-6/h7-8H,3-6H2,1-2H3;6H,2-5H2,1H3. The summed E-state index contributed by atoms with van der Waals surface area (Å²) in [6.07, 6.45) is 6.98. The summed E-state index contributed by atoms with van der Waals surface area (Å²) in [5, 5.41) is 0. The zero-order valence-corrected chi connectivity index (χ0v) is 11.2. The van der Waals surface area contributed by atoms with Crippen LogP contribution in [-0.4, -0.2) is 25.9 Å². The monoisotopic (exact) mass is 228 g/mol. The molecule has 0 aromatic carbocycles. The van der Waals surface area contributed by atoms with Crippen LogP contribution < -0.4 is 0 Å². The Morgan fingerprint density at radius 2 is 1.62 bits per heavy atom. The quantitative estimate of drug-likeness (QED) is 0.682. The topological polar surface area (TPSA) is 18.5 Å². The van der Waals surface area contributed by atoms with E-state index in [0.29, 0.717) is 6.10 Å². The van der Waals surface area contributed by atoms with Crippen molar-refractivity contribution in [1.82, 2.24) is 0 Å². The molecule has 2 nitrogen and oxygen atoms in total. The van der Waals surface area contributed by atoms with Gasteiger partial charge in [-0.05, 0) is 50.9 Å². The number of rotatable bonds is 1. The van der Waals surface area contributed by atoms with Crippen LogP contribution in [0.1, 0.15) is 52.9 Å². The average molecular weight is 228 g/mol. The summed E-state index contributed by atoms with van der Waals surface area (Å²) in [7, 11) is 0. The molecule has 0 saturated carbocycles. The molecule has 0 spiro atoms. The van der Waals surface area contributed by atoms with Gasteiger partial charge in [-0.1, -0.05) is 13.8 Å². The van der Waals surface area contributed by atoms with E-state index in [0.717, 1.165) is 31.7 Å². The minimum Gasteiger partial charge on any atom is -0.381 e. The fourth-order valence-electron chi connectivity index (χ4n) is 2.28. The van der Waals surface area contributed by atoms with Gasteiger partial charge in [0.05, 0.1) is 6.10 Å². The van der Waals surface area contributed by atoms with E-state index in [9.17, 15) is 0 Å². The molecule has 1 unspecified atom stereocenters. The molecule has 2 rings (SSSR count). The van der Waals surface area contributed by atoms with Crippen molar-refractivity contribution in [2.45, 2.75) is 59.0 Å². The SMILES string of the molecule is CC(C)C1CCOCC1.CC1CCCCO1. The van der Waals surface area contributed by atoms with Gasteiger partial charge in [-0.3, -0.25) is 0 Å². The normalized spacial score (nSPS) is 27.4. The van der Waals surface area contributed by atoms with E-state index in [1.54, 1.807) is 0 Å². The smallest absolute Gasteiger partial charge is 0.0547 e. The zero-order chi connectivity index (χ0) is 11.8. The molecule has 96 valence electrons. The van der Waals surface area contributed by atoms with Crippen LogP contribution in [0.5, 0.6) is 0 Å². The van der Waals surface area contributed by atoms with Crippen LogP contribution in [-0.2, 0) is 9.47 Å². The van der Waals surface area contributed by atoms with E-state index in [1.165, 1.54) is 32.1 Å². The first-order valence-corrected chi connectivity index (χ1v) is 6.89. The highest BCUT2D eigenvalue weighted by molar-refractivity contribution is 4.65. The fourth-order valence-corrected chi connectivity index (χ4v) is 2.28. The van der Waals surface area contributed by atoms with Gasteiger partial charge >= 0.3 is 0 Å². The van der Waals surface area contributed by atoms with Gasteiger partial charge < -0.3 is 9.47 Å². The molecule has 16 heavy (non-hydrogen) atoms. The van der Waals surface area contributed by atoms with Crippen LogP contribution in [0.3, 0.4) is 0 Å². The largest absolute Gasteiger partial charge is 0.381 e. The van der Waals surface area contributed by atoms with E-state index in [4.69, 9.17) is 9.47 Å². The van der Waals surface area contributed by atoms with E-state index in [2.05, 4.69) is 20.8 Å². The van der Waals surface area contributed by atoms with E-state index < -0.39 is 0 Å². The predicted octanol–water partition coefficient (Wildman–Crippen LogP) is 3.64. The van der Waals surface area contributed by atoms with E-state index in [-0.39, 0.29) is 0 Å². The first-order chi connectivity index (χ1) is 7.70. The van der Waals surface area contributed by atoms with Crippen molar-refractivity contribution >= 4 is 0 Å². The minimum atomic E-state index is 0.536. The second-order valence-electron chi connectivity index (χ2n) is 5.37. The Hall–Kier alpha value is -0.0800. The lowest BCUT2D eigenvalue weighted by molar-refractivity contribution is 0.0285. The second kappa shape index (κ2) is 8.08. The summed E-state index contributed by atoms with van der Waals surface area (Å²) in [5.74, 6) is 1.78. The first kappa shape index (κ1) is 14.0. The molecule has 0 radical (unpaired) electrons. The van der Waals surface area contributed by atoms with Gasteiger partial charge in [0.2, 0.25) is 0 Å². The van der Waals surface area contributed by atoms with Gasteiger partial charge in [0, 0.05) is 19.8 Å². The van der Waals surface area contributed by atoms with E-state index >= 15 is 0 Å². The highest BCUT2D eigenvalue weighted by Gasteiger charge is 2.16. The van der Waals surface area contributed by atoms with Crippen LogP contribution >= 0.6 is 0 Å². The minimum absolute atomic E-state index is 0.536. The fraction of sp³-hybridized carbons (Fsp3) is 1.00. The summed E-state index contributed by atoms with van der Waals surface area (Å²) in [5.41, 5.74) is 0. The molecule has 0 aliphatic carbocycles. The summed E-state index contributed by atoms with van der Waals surface area (Å²) in [6.45, 7) is 9.71. The molecule has 2 saturated heterocycles. The summed E-state index contributed by atoms with van der Waals surface area (Å²) in [4.78, 5) is 0. The Kier molecular flexibility index (Phi) is 7.06. The van der Waals surface area contributed by atoms with Gasteiger partial charge in [-0.2, -0.15) is 0 Å².